The molecule has 0 aromatic carbocycles. The average molecular weight is 305 g/mol. The summed E-state index contributed by atoms with van der Waals surface area (Å²) < 4.78 is 0. The van der Waals surface area contributed by atoms with E-state index in [0.29, 0.717) is 0 Å². The van der Waals surface area contributed by atoms with Crippen molar-refractivity contribution in [3.63, 3.8) is 0 Å². The van der Waals surface area contributed by atoms with Crippen molar-refractivity contribution in [2.24, 2.45) is 0 Å². The van der Waals surface area contributed by atoms with Gasteiger partial charge in [0, 0.05) is 29.6 Å². The maximum Gasteiger partial charge on any atom is 0.138 e. The van der Waals surface area contributed by atoms with Crippen LogP contribution in [0.3, 0.4) is 0 Å². The SMILES string of the molecule is CNc1cc(NC(C)c2nc(C)cs2)nc(C(C)(C)C)n1. The fourth-order valence-corrected chi connectivity index (χ4v) is 2.64. The van der Waals surface area contributed by atoms with Crippen molar-refractivity contribution in [1.29, 1.82) is 0 Å². The Balaban J connectivity index is 2.27. The summed E-state index contributed by atoms with van der Waals surface area (Å²) in [6.07, 6.45) is 0. The van der Waals surface area contributed by atoms with E-state index < -0.39 is 0 Å². The molecule has 2 aromatic rings. The van der Waals surface area contributed by atoms with Gasteiger partial charge in [-0.15, -0.1) is 11.3 Å². The third-order valence-corrected chi connectivity index (χ3v) is 4.17. The minimum atomic E-state index is -0.0930. The van der Waals surface area contributed by atoms with Crippen LogP contribution in [-0.4, -0.2) is 22.0 Å². The first kappa shape index (κ1) is 15.7. The van der Waals surface area contributed by atoms with Crippen LogP contribution in [-0.2, 0) is 5.41 Å². The first-order chi connectivity index (χ1) is 9.79. The van der Waals surface area contributed by atoms with Crippen molar-refractivity contribution in [1.82, 2.24) is 15.0 Å². The standard InChI is InChI=1S/C15H23N5S/c1-9-8-21-13(17-9)10(2)18-12-7-11(16-6)19-14(20-12)15(3,4)5/h7-8,10H,1-6H3,(H2,16,18,19,20). The molecule has 2 aromatic heterocycles. The van der Waals surface area contributed by atoms with Gasteiger partial charge in [0.15, 0.2) is 0 Å². The Morgan fingerprint density at radius 2 is 1.81 bits per heavy atom. The van der Waals surface area contributed by atoms with Crippen LogP contribution in [0.4, 0.5) is 11.6 Å². The second-order valence-electron chi connectivity index (χ2n) is 6.16. The number of thiazole rings is 1. The Bertz CT molecular complexity index is 615. The van der Waals surface area contributed by atoms with Crippen LogP contribution in [0.1, 0.15) is 50.3 Å². The van der Waals surface area contributed by atoms with E-state index in [0.717, 1.165) is 28.2 Å². The van der Waals surface area contributed by atoms with E-state index in [2.05, 4.69) is 58.7 Å². The average Bonchev–Trinajstić information content (AvgIpc) is 2.84. The molecular formula is C15H23N5S. The van der Waals surface area contributed by atoms with E-state index in [1.54, 1.807) is 11.3 Å². The van der Waals surface area contributed by atoms with Crippen molar-refractivity contribution in [3.05, 3.63) is 28.0 Å². The summed E-state index contributed by atoms with van der Waals surface area (Å²) in [6.45, 7) is 10.4. The number of aromatic nitrogens is 3. The summed E-state index contributed by atoms with van der Waals surface area (Å²) in [6, 6.07) is 2.04. The zero-order valence-corrected chi connectivity index (χ0v) is 14.3. The van der Waals surface area contributed by atoms with Crippen molar-refractivity contribution in [3.8, 4) is 0 Å². The van der Waals surface area contributed by atoms with E-state index in [1.807, 2.05) is 20.0 Å². The summed E-state index contributed by atoms with van der Waals surface area (Å²) in [5.74, 6) is 2.46. The second kappa shape index (κ2) is 5.97. The molecule has 0 aliphatic heterocycles. The highest BCUT2D eigenvalue weighted by Gasteiger charge is 2.20. The summed E-state index contributed by atoms with van der Waals surface area (Å²) in [4.78, 5) is 13.7. The van der Waals surface area contributed by atoms with Gasteiger partial charge in [-0.25, -0.2) is 15.0 Å². The molecule has 6 heteroatoms. The van der Waals surface area contributed by atoms with Crippen LogP contribution < -0.4 is 10.6 Å². The molecule has 114 valence electrons. The van der Waals surface area contributed by atoms with Crippen LogP contribution in [0.5, 0.6) is 0 Å². The normalized spacial score (nSPS) is 13.0. The van der Waals surface area contributed by atoms with E-state index in [-0.39, 0.29) is 11.5 Å². The minimum absolute atomic E-state index is 0.0930. The molecule has 0 amide bonds. The number of hydrogen-bond donors (Lipinski definition) is 2. The van der Waals surface area contributed by atoms with Crippen molar-refractivity contribution < 1.29 is 0 Å². The molecule has 2 N–H and O–H groups in total. The summed E-state index contributed by atoms with van der Waals surface area (Å²) in [5, 5.41) is 9.64. The Hall–Kier alpha value is -1.69. The van der Waals surface area contributed by atoms with Crippen LogP contribution in [0.2, 0.25) is 0 Å². The van der Waals surface area contributed by atoms with E-state index in [4.69, 9.17) is 0 Å². The van der Waals surface area contributed by atoms with Gasteiger partial charge in [0.05, 0.1) is 6.04 Å². The maximum atomic E-state index is 4.64. The molecule has 0 bridgehead atoms. The molecule has 0 radical (unpaired) electrons. The molecular weight excluding hydrogens is 282 g/mol. The van der Waals surface area contributed by atoms with Gasteiger partial charge in [-0.3, -0.25) is 0 Å². The second-order valence-corrected chi connectivity index (χ2v) is 7.04. The third kappa shape index (κ3) is 3.91. The van der Waals surface area contributed by atoms with Crippen molar-refractivity contribution in [2.75, 3.05) is 17.7 Å². The number of hydrogen-bond acceptors (Lipinski definition) is 6. The first-order valence-corrected chi connectivity index (χ1v) is 7.93. The molecule has 0 fully saturated rings. The Labute approximate surface area is 130 Å². The molecule has 5 nitrogen and oxygen atoms in total. The van der Waals surface area contributed by atoms with Gasteiger partial charge in [-0.1, -0.05) is 20.8 Å². The summed E-state index contributed by atoms with van der Waals surface area (Å²) in [5.41, 5.74) is 0.960. The number of anilines is 2. The molecule has 21 heavy (non-hydrogen) atoms. The van der Waals surface area contributed by atoms with Gasteiger partial charge in [-0.2, -0.15) is 0 Å². The lowest BCUT2D eigenvalue weighted by Gasteiger charge is -2.20. The lowest BCUT2D eigenvalue weighted by Crippen LogP contribution is -2.19. The van der Waals surface area contributed by atoms with Crippen LogP contribution in [0.15, 0.2) is 11.4 Å². The highest BCUT2D eigenvalue weighted by atomic mass is 32.1. The monoisotopic (exact) mass is 305 g/mol. The number of nitrogens with zero attached hydrogens (tertiary/aromatic N) is 3. The lowest BCUT2D eigenvalue weighted by molar-refractivity contribution is 0.546. The fraction of sp³-hybridized carbons (Fsp3) is 0.533. The molecule has 0 saturated heterocycles. The van der Waals surface area contributed by atoms with E-state index in [9.17, 15) is 0 Å². The minimum Gasteiger partial charge on any atom is -0.373 e. The highest BCUT2D eigenvalue weighted by molar-refractivity contribution is 7.09. The van der Waals surface area contributed by atoms with Crippen molar-refractivity contribution in [2.45, 2.75) is 46.1 Å². The Morgan fingerprint density at radius 1 is 1.14 bits per heavy atom. The highest BCUT2D eigenvalue weighted by Crippen LogP contribution is 2.25. The van der Waals surface area contributed by atoms with E-state index >= 15 is 0 Å². The zero-order chi connectivity index (χ0) is 15.6. The molecule has 0 spiro atoms. The molecule has 0 aliphatic rings. The van der Waals surface area contributed by atoms with E-state index in [1.165, 1.54) is 0 Å². The van der Waals surface area contributed by atoms with Gasteiger partial charge in [0.1, 0.15) is 22.5 Å². The number of nitrogens with one attached hydrogen (secondary N) is 2. The molecule has 0 saturated carbocycles. The maximum absolute atomic E-state index is 4.64. The Kier molecular flexibility index (Phi) is 4.46. The third-order valence-electron chi connectivity index (χ3n) is 3.02. The van der Waals surface area contributed by atoms with Gasteiger partial charge < -0.3 is 10.6 Å². The number of aryl methyl sites for hydroxylation is 1. The summed E-state index contributed by atoms with van der Waals surface area (Å²) in [7, 11) is 1.87. The molecule has 2 rings (SSSR count). The van der Waals surface area contributed by atoms with Crippen LogP contribution in [0, 0.1) is 6.92 Å². The van der Waals surface area contributed by atoms with Gasteiger partial charge in [0.2, 0.25) is 0 Å². The molecule has 0 aliphatic carbocycles. The molecule has 2 heterocycles. The summed E-state index contributed by atoms with van der Waals surface area (Å²) >= 11 is 1.66. The molecule has 1 atom stereocenters. The van der Waals surface area contributed by atoms with Gasteiger partial charge in [0.25, 0.3) is 0 Å². The largest absolute Gasteiger partial charge is 0.373 e. The molecule has 1 unspecified atom stereocenters. The topological polar surface area (TPSA) is 62.7 Å². The van der Waals surface area contributed by atoms with Crippen molar-refractivity contribution >= 4 is 23.0 Å². The lowest BCUT2D eigenvalue weighted by atomic mass is 9.96. The quantitative estimate of drug-likeness (QED) is 0.900. The number of rotatable bonds is 4. The Morgan fingerprint density at radius 3 is 2.33 bits per heavy atom. The predicted octanol–water partition coefficient (Wildman–Crippen LogP) is 3.75. The smallest absolute Gasteiger partial charge is 0.138 e. The first-order valence-electron chi connectivity index (χ1n) is 7.05. The van der Waals surface area contributed by atoms with Crippen LogP contribution in [0.25, 0.3) is 0 Å². The zero-order valence-electron chi connectivity index (χ0n) is 13.5. The van der Waals surface area contributed by atoms with Crippen LogP contribution >= 0.6 is 11.3 Å². The predicted molar refractivity (Wildman–Crippen MR) is 89.2 cm³/mol. The van der Waals surface area contributed by atoms with Gasteiger partial charge >= 0.3 is 0 Å². The fourth-order valence-electron chi connectivity index (χ4n) is 1.84. The van der Waals surface area contributed by atoms with Gasteiger partial charge in [-0.05, 0) is 13.8 Å².